The lowest BCUT2D eigenvalue weighted by Crippen LogP contribution is -1.85. The van der Waals surface area contributed by atoms with E-state index in [-0.39, 0.29) is 0 Å². The first kappa shape index (κ1) is 11.7. The molecule has 1 aromatic carbocycles. The molecule has 0 fully saturated rings. The van der Waals surface area contributed by atoms with E-state index in [4.69, 9.17) is 4.52 Å². The van der Waals surface area contributed by atoms with Crippen LogP contribution in [0.5, 0.6) is 0 Å². The zero-order valence-electron chi connectivity index (χ0n) is 10.3. The number of nitrogens with one attached hydrogen (secondary N) is 1. The fraction of sp³-hybridized carbons (Fsp3) is 0.231. The second kappa shape index (κ2) is 4.08. The van der Waals surface area contributed by atoms with Crippen molar-refractivity contribution < 1.29 is 4.52 Å². The predicted octanol–water partition coefficient (Wildman–Crippen LogP) is 3.75. The third-order valence-electron chi connectivity index (χ3n) is 2.98. The monoisotopic (exact) mass is 353 g/mol. The van der Waals surface area contributed by atoms with Gasteiger partial charge in [0.15, 0.2) is 0 Å². The molecule has 0 aliphatic heterocycles. The van der Waals surface area contributed by atoms with Crippen molar-refractivity contribution >= 4 is 33.6 Å². The number of hydrogen-bond donors (Lipinski definition) is 1. The number of rotatable bonds is 1. The second-order valence-corrected chi connectivity index (χ2v) is 5.54. The number of imidazole rings is 1. The molecule has 18 heavy (non-hydrogen) atoms. The van der Waals surface area contributed by atoms with Gasteiger partial charge in [-0.25, -0.2) is 4.98 Å². The first-order valence-corrected chi connectivity index (χ1v) is 6.73. The van der Waals surface area contributed by atoms with Crippen LogP contribution in [0.2, 0.25) is 0 Å². The van der Waals surface area contributed by atoms with Gasteiger partial charge < -0.3 is 9.51 Å². The summed E-state index contributed by atoms with van der Waals surface area (Å²) >= 11 is 2.31. The van der Waals surface area contributed by atoms with Crippen molar-refractivity contribution in [1.82, 2.24) is 15.1 Å². The molecule has 0 bridgehead atoms. The van der Waals surface area contributed by atoms with Crippen molar-refractivity contribution in [3.8, 4) is 11.1 Å². The van der Waals surface area contributed by atoms with Crippen molar-refractivity contribution in [2.24, 2.45) is 0 Å². The standard InChI is InChI=1S/C13H12IN3O/c1-6-12(7(2)18-17-6)9-4-10(14)13-11(5-9)15-8(3)16-13/h4-5H,1-3H3,(H,15,16). The Balaban J connectivity index is 2.30. The Hall–Kier alpha value is -1.37. The molecule has 0 saturated carbocycles. The maximum Gasteiger partial charge on any atom is 0.141 e. The molecule has 0 unspecified atom stereocenters. The molecule has 0 saturated heterocycles. The highest BCUT2D eigenvalue weighted by Gasteiger charge is 2.14. The Morgan fingerprint density at radius 1 is 1.22 bits per heavy atom. The number of benzene rings is 1. The third kappa shape index (κ3) is 1.73. The van der Waals surface area contributed by atoms with Gasteiger partial charge in [-0.3, -0.25) is 0 Å². The van der Waals surface area contributed by atoms with Crippen LogP contribution in [0.3, 0.4) is 0 Å². The van der Waals surface area contributed by atoms with Crippen molar-refractivity contribution in [2.75, 3.05) is 0 Å². The normalized spacial score (nSPS) is 11.3. The summed E-state index contributed by atoms with van der Waals surface area (Å²) in [6.07, 6.45) is 0. The van der Waals surface area contributed by atoms with Gasteiger partial charge in [0.25, 0.3) is 0 Å². The smallest absolute Gasteiger partial charge is 0.141 e. The number of H-pyrrole nitrogens is 1. The molecule has 2 heterocycles. The summed E-state index contributed by atoms with van der Waals surface area (Å²) in [6.45, 7) is 5.86. The van der Waals surface area contributed by atoms with Gasteiger partial charge in [0.1, 0.15) is 17.1 Å². The van der Waals surface area contributed by atoms with Gasteiger partial charge in [-0.05, 0) is 61.1 Å². The topological polar surface area (TPSA) is 54.7 Å². The number of aryl methyl sites for hydroxylation is 3. The first-order chi connectivity index (χ1) is 8.56. The second-order valence-electron chi connectivity index (χ2n) is 4.38. The molecule has 3 rings (SSSR count). The summed E-state index contributed by atoms with van der Waals surface area (Å²) in [5.74, 6) is 1.78. The van der Waals surface area contributed by atoms with Crippen molar-refractivity contribution in [2.45, 2.75) is 20.8 Å². The fourth-order valence-electron chi connectivity index (χ4n) is 2.24. The van der Waals surface area contributed by atoms with Crippen LogP contribution < -0.4 is 0 Å². The maximum absolute atomic E-state index is 5.23. The zero-order chi connectivity index (χ0) is 12.9. The predicted molar refractivity (Wildman–Crippen MR) is 78.5 cm³/mol. The zero-order valence-corrected chi connectivity index (χ0v) is 12.5. The number of hydrogen-bond acceptors (Lipinski definition) is 3. The van der Waals surface area contributed by atoms with Gasteiger partial charge in [-0.2, -0.15) is 0 Å². The van der Waals surface area contributed by atoms with Crippen LogP contribution in [0.4, 0.5) is 0 Å². The Bertz CT molecular complexity index is 723. The van der Waals surface area contributed by atoms with E-state index in [0.717, 1.165) is 43.0 Å². The average molecular weight is 353 g/mol. The van der Waals surface area contributed by atoms with Crippen LogP contribution >= 0.6 is 22.6 Å². The Labute approximate surface area is 118 Å². The Morgan fingerprint density at radius 2 is 2.00 bits per heavy atom. The van der Waals surface area contributed by atoms with Gasteiger partial charge in [-0.15, -0.1) is 0 Å². The Kier molecular flexibility index (Phi) is 2.65. The molecule has 0 radical (unpaired) electrons. The minimum atomic E-state index is 0.846. The molecule has 0 aliphatic rings. The molecule has 0 atom stereocenters. The van der Waals surface area contributed by atoms with E-state index in [9.17, 15) is 0 Å². The van der Waals surface area contributed by atoms with E-state index in [1.165, 1.54) is 0 Å². The molecule has 4 nitrogen and oxygen atoms in total. The highest BCUT2D eigenvalue weighted by molar-refractivity contribution is 14.1. The van der Waals surface area contributed by atoms with Gasteiger partial charge in [0.05, 0.1) is 11.2 Å². The average Bonchev–Trinajstić information content (AvgIpc) is 2.82. The molecule has 5 heteroatoms. The summed E-state index contributed by atoms with van der Waals surface area (Å²) in [7, 11) is 0. The van der Waals surface area contributed by atoms with Gasteiger partial charge in [-0.1, -0.05) is 5.16 Å². The maximum atomic E-state index is 5.23. The van der Waals surface area contributed by atoms with Crippen LogP contribution in [0, 0.1) is 24.3 Å². The van der Waals surface area contributed by atoms with E-state index < -0.39 is 0 Å². The Morgan fingerprint density at radius 3 is 2.67 bits per heavy atom. The van der Waals surface area contributed by atoms with Crippen LogP contribution in [0.15, 0.2) is 16.7 Å². The molecular weight excluding hydrogens is 341 g/mol. The van der Waals surface area contributed by atoms with Crippen molar-refractivity contribution in [1.29, 1.82) is 0 Å². The summed E-state index contributed by atoms with van der Waals surface area (Å²) in [5, 5.41) is 4.00. The van der Waals surface area contributed by atoms with Gasteiger partial charge in [0.2, 0.25) is 0 Å². The lowest BCUT2D eigenvalue weighted by molar-refractivity contribution is 0.393. The summed E-state index contributed by atoms with van der Waals surface area (Å²) in [6, 6.07) is 4.22. The first-order valence-electron chi connectivity index (χ1n) is 5.65. The molecular formula is C13H12IN3O. The van der Waals surface area contributed by atoms with Crippen molar-refractivity contribution in [3.05, 3.63) is 33.0 Å². The molecule has 0 aliphatic carbocycles. The molecule has 2 aromatic heterocycles. The van der Waals surface area contributed by atoms with E-state index >= 15 is 0 Å². The largest absolute Gasteiger partial charge is 0.361 e. The molecule has 0 spiro atoms. The summed E-state index contributed by atoms with van der Waals surface area (Å²) < 4.78 is 6.36. The van der Waals surface area contributed by atoms with Gasteiger partial charge in [0, 0.05) is 9.13 Å². The van der Waals surface area contributed by atoms with Crippen molar-refractivity contribution in [3.63, 3.8) is 0 Å². The number of nitrogens with zero attached hydrogens (tertiary/aromatic N) is 2. The van der Waals surface area contributed by atoms with Crippen LogP contribution in [-0.2, 0) is 0 Å². The van der Waals surface area contributed by atoms with Crippen LogP contribution in [0.1, 0.15) is 17.3 Å². The summed E-state index contributed by atoms with van der Waals surface area (Å²) in [4.78, 5) is 7.75. The lowest BCUT2D eigenvalue weighted by atomic mass is 10.0. The number of halogens is 1. The molecule has 92 valence electrons. The number of aromatic nitrogens is 3. The molecule has 1 N–H and O–H groups in total. The quantitative estimate of drug-likeness (QED) is 0.678. The highest BCUT2D eigenvalue weighted by atomic mass is 127. The van der Waals surface area contributed by atoms with E-state index in [2.05, 4.69) is 49.8 Å². The fourth-order valence-corrected chi connectivity index (χ4v) is 2.98. The minimum Gasteiger partial charge on any atom is -0.361 e. The van der Waals surface area contributed by atoms with Crippen LogP contribution in [-0.4, -0.2) is 15.1 Å². The SMILES string of the molecule is Cc1nc2c(I)cc(-c3c(C)noc3C)cc2[nH]1. The highest BCUT2D eigenvalue weighted by Crippen LogP contribution is 2.31. The van der Waals surface area contributed by atoms with Gasteiger partial charge >= 0.3 is 0 Å². The summed E-state index contributed by atoms with van der Waals surface area (Å²) in [5.41, 5.74) is 5.17. The molecule has 3 aromatic rings. The number of aromatic amines is 1. The lowest BCUT2D eigenvalue weighted by Gasteiger charge is -2.02. The van der Waals surface area contributed by atoms with E-state index in [1.807, 2.05) is 20.8 Å². The van der Waals surface area contributed by atoms with E-state index in [1.54, 1.807) is 0 Å². The number of fused-ring (bicyclic) bond motifs is 1. The van der Waals surface area contributed by atoms with E-state index in [0.29, 0.717) is 0 Å². The third-order valence-corrected chi connectivity index (χ3v) is 3.80. The van der Waals surface area contributed by atoms with Crippen LogP contribution in [0.25, 0.3) is 22.2 Å². The minimum absolute atomic E-state index is 0.846. The molecule has 0 amide bonds.